The first-order chi connectivity index (χ1) is 8.11. The largest absolute Gasteiger partial charge is 0.375 e. The normalized spacial score (nSPS) is 9.76. The van der Waals surface area contributed by atoms with Gasteiger partial charge in [0.2, 0.25) is 11.8 Å². The number of carbonyl (C=O) groups excluding carboxylic acids is 2. The molecule has 0 saturated heterocycles. The Bertz CT molecular complexity index is 404. The number of nitrogens with one attached hydrogen (secondary N) is 2. The standard InChI is InChI=1S/C12H16N2O3/c1-9(15)13-7-10-4-3-5-11(6-10)14-12(16)8-17-2/h3-6H,7-8H2,1-2H3,(H,13,15)(H,14,16). The highest BCUT2D eigenvalue weighted by molar-refractivity contribution is 5.91. The number of hydrogen-bond donors (Lipinski definition) is 2. The molecule has 0 aliphatic heterocycles. The van der Waals surface area contributed by atoms with Crippen molar-refractivity contribution >= 4 is 17.5 Å². The summed E-state index contributed by atoms with van der Waals surface area (Å²) in [5.74, 6) is -0.289. The lowest BCUT2D eigenvalue weighted by Gasteiger charge is -2.07. The van der Waals surface area contributed by atoms with E-state index in [1.165, 1.54) is 14.0 Å². The van der Waals surface area contributed by atoms with Gasteiger partial charge in [0, 0.05) is 26.3 Å². The molecule has 92 valence electrons. The number of amides is 2. The van der Waals surface area contributed by atoms with Crippen molar-refractivity contribution in [3.8, 4) is 0 Å². The Labute approximate surface area is 100 Å². The quantitative estimate of drug-likeness (QED) is 0.798. The molecule has 5 heteroatoms. The molecule has 2 N–H and O–H groups in total. The van der Waals surface area contributed by atoms with Crippen molar-refractivity contribution in [3.63, 3.8) is 0 Å². The predicted octanol–water partition coefficient (Wildman–Crippen LogP) is 0.908. The van der Waals surface area contributed by atoms with Crippen LogP contribution < -0.4 is 10.6 Å². The van der Waals surface area contributed by atoms with Crippen molar-refractivity contribution in [2.24, 2.45) is 0 Å². The maximum atomic E-state index is 11.3. The fourth-order valence-corrected chi connectivity index (χ4v) is 1.31. The van der Waals surface area contributed by atoms with Crippen LogP contribution in [0, 0.1) is 0 Å². The molecule has 0 aliphatic rings. The van der Waals surface area contributed by atoms with E-state index in [0.717, 1.165) is 5.56 Å². The van der Waals surface area contributed by atoms with Gasteiger partial charge in [-0.3, -0.25) is 9.59 Å². The van der Waals surface area contributed by atoms with E-state index >= 15 is 0 Å². The van der Waals surface area contributed by atoms with Crippen LogP contribution in [-0.2, 0) is 20.9 Å². The molecular weight excluding hydrogens is 220 g/mol. The minimum Gasteiger partial charge on any atom is -0.375 e. The monoisotopic (exact) mass is 236 g/mol. The molecule has 0 unspecified atom stereocenters. The van der Waals surface area contributed by atoms with Crippen LogP contribution in [0.4, 0.5) is 5.69 Å². The number of ether oxygens (including phenoxy) is 1. The molecule has 0 saturated carbocycles. The zero-order chi connectivity index (χ0) is 12.7. The SMILES string of the molecule is COCC(=O)Nc1cccc(CNC(C)=O)c1. The van der Waals surface area contributed by atoms with Gasteiger partial charge in [0.1, 0.15) is 6.61 Å². The Hall–Kier alpha value is -1.88. The average Bonchev–Trinajstić information content (AvgIpc) is 2.27. The fraction of sp³-hybridized carbons (Fsp3) is 0.333. The van der Waals surface area contributed by atoms with Gasteiger partial charge in [-0.15, -0.1) is 0 Å². The van der Waals surface area contributed by atoms with Crippen molar-refractivity contribution in [1.29, 1.82) is 0 Å². The second-order valence-electron chi connectivity index (χ2n) is 3.59. The maximum absolute atomic E-state index is 11.3. The van der Waals surface area contributed by atoms with Gasteiger partial charge in [-0.05, 0) is 17.7 Å². The summed E-state index contributed by atoms with van der Waals surface area (Å²) < 4.78 is 4.72. The molecule has 2 amide bonds. The lowest BCUT2D eigenvalue weighted by Crippen LogP contribution is -2.19. The average molecular weight is 236 g/mol. The first kappa shape index (κ1) is 13.2. The molecule has 0 bridgehead atoms. The second kappa shape index (κ2) is 6.65. The van der Waals surface area contributed by atoms with Gasteiger partial charge < -0.3 is 15.4 Å². The number of carbonyl (C=O) groups is 2. The highest BCUT2D eigenvalue weighted by atomic mass is 16.5. The van der Waals surface area contributed by atoms with Crippen LogP contribution in [0.3, 0.4) is 0 Å². The number of methoxy groups -OCH3 is 1. The van der Waals surface area contributed by atoms with Gasteiger partial charge in [0.15, 0.2) is 0 Å². The molecule has 0 aromatic heterocycles. The van der Waals surface area contributed by atoms with Gasteiger partial charge in [0.05, 0.1) is 0 Å². The van der Waals surface area contributed by atoms with Crippen molar-refractivity contribution < 1.29 is 14.3 Å². The van der Waals surface area contributed by atoms with Crippen LogP contribution in [0.5, 0.6) is 0 Å². The summed E-state index contributed by atoms with van der Waals surface area (Å²) in [6.45, 7) is 1.93. The van der Waals surface area contributed by atoms with E-state index in [0.29, 0.717) is 12.2 Å². The van der Waals surface area contributed by atoms with E-state index < -0.39 is 0 Å². The molecule has 0 aliphatic carbocycles. The van der Waals surface area contributed by atoms with Gasteiger partial charge in [-0.25, -0.2) is 0 Å². The summed E-state index contributed by atoms with van der Waals surface area (Å²) in [5, 5.41) is 5.39. The summed E-state index contributed by atoms with van der Waals surface area (Å²) in [5.41, 5.74) is 1.62. The zero-order valence-corrected chi connectivity index (χ0v) is 9.95. The summed E-state index contributed by atoms with van der Waals surface area (Å²) in [7, 11) is 1.47. The molecule has 1 aromatic carbocycles. The molecule has 1 aromatic rings. The van der Waals surface area contributed by atoms with Crippen LogP contribution in [0.25, 0.3) is 0 Å². The Morgan fingerprint density at radius 1 is 1.35 bits per heavy atom. The van der Waals surface area contributed by atoms with Crippen LogP contribution in [-0.4, -0.2) is 25.5 Å². The van der Waals surface area contributed by atoms with Crippen LogP contribution >= 0.6 is 0 Å². The summed E-state index contributed by atoms with van der Waals surface area (Å²) in [4.78, 5) is 22.1. The third-order valence-corrected chi connectivity index (χ3v) is 2.03. The molecule has 1 rings (SSSR count). The first-order valence-corrected chi connectivity index (χ1v) is 5.24. The van der Waals surface area contributed by atoms with Gasteiger partial charge >= 0.3 is 0 Å². The smallest absolute Gasteiger partial charge is 0.250 e. The highest BCUT2D eigenvalue weighted by Crippen LogP contribution is 2.10. The minimum absolute atomic E-state index is 0.0237. The molecule has 0 fully saturated rings. The van der Waals surface area contributed by atoms with Gasteiger partial charge in [0.25, 0.3) is 0 Å². The van der Waals surface area contributed by atoms with Crippen LogP contribution in [0.1, 0.15) is 12.5 Å². The molecular formula is C12H16N2O3. The third kappa shape index (κ3) is 5.12. The van der Waals surface area contributed by atoms with E-state index in [-0.39, 0.29) is 18.4 Å². The van der Waals surface area contributed by atoms with E-state index in [4.69, 9.17) is 4.74 Å². The van der Waals surface area contributed by atoms with Gasteiger partial charge in [-0.2, -0.15) is 0 Å². The van der Waals surface area contributed by atoms with Crippen molar-refractivity contribution in [2.75, 3.05) is 19.0 Å². The van der Waals surface area contributed by atoms with Crippen LogP contribution in [0.15, 0.2) is 24.3 Å². The third-order valence-electron chi connectivity index (χ3n) is 2.03. The zero-order valence-electron chi connectivity index (χ0n) is 9.95. The van der Waals surface area contributed by atoms with Crippen molar-refractivity contribution in [2.45, 2.75) is 13.5 Å². The van der Waals surface area contributed by atoms with Crippen molar-refractivity contribution in [3.05, 3.63) is 29.8 Å². The highest BCUT2D eigenvalue weighted by Gasteiger charge is 2.02. The summed E-state index contributed by atoms with van der Waals surface area (Å²) in [6.07, 6.45) is 0. The topological polar surface area (TPSA) is 67.4 Å². The predicted molar refractivity (Wildman–Crippen MR) is 64.5 cm³/mol. The van der Waals surface area contributed by atoms with Gasteiger partial charge in [-0.1, -0.05) is 12.1 Å². The summed E-state index contributed by atoms with van der Waals surface area (Å²) in [6, 6.07) is 7.29. The van der Waals surface area contributed by atoms with Crippen molar-refractivity contribution in [1.82, 2.24) is 5.32 Å². The molecule has 0 heterocycles. The Morgan fingerprint density at radius 2 is 2.12 bits per heavy atom. The lowest BCUT2D eigenvalue weighted by molar-refractivity contribution is -0.120. The van der Waals surface area contributed by atoms with Crippen LogP contribution in [0.2, 0.25) is 0 Å². The molecule has 0 spiro atoms. The number of rotatable bonds is 5. The molecule has 0 atom stereocenters. The number of hydrogen-bond acceptors (Lipinski definition) is 3. The molecule has 17 heavy (non-hydrogen) atoms. The number of anilines is 1. The Kier molecular flexibility index (Phi) is 5.16. The lowest BCUT2D eigenvalue weighted by atomic mass is 10.2. The minimum atomic E-state index is -0.204. The fourth-order valence-electron chi connectivity index (χ4n) is 1.31. The summed E-state index contributed by atoms with van der Waals surface area (Å²) >= 11 is 0. The van der Waals surface area contributed by atoms with E-state index in [9.17, 15) is 9.59 Å². The second-order valence-corrected chi connectivity index (χ2v) is 3.59. The number of benzene rings is 1. The van der Waals surface area contributed by atoms with E-state index in [2.05, 4.69) is 10.6 Å². The Balaban J connectivity index is 2.59. The maximum Gasteiger partial charge on any atom is 0.250 e. The molecule has 5 nitrogen and oxygen atoms in total. The van der Waals surface area contributed by atoms with E-state index in [1.54, 1.807) is 6.07 Å². The first-order valence-electron chi connectivity index (χ1n) is 5.24. The molecule has 0 radical (unpaired) electrons. The Morgan fingerprint density at radius 3 is 2.76 bits per heavy atom. The van der Waals surface area contributed by atoms with E-state index in [1.807, 2.05) is 18.2 Å².